The number of hydrogen-bond acceptors (Lipinski definition) is 3. The molecule has 3 N–H and O–H groups in total. The van der Waals surface area contributed by atoms with Crippen LogP contribution in [0.4, 0.5) is 10.6 Å². The van der Waals surface area contributed by atoms with Gasteiger partial charge < -0.3 is 15.7 Å². The van der Waals surface area contributed by atoms with Crippen molar-refractivity contribution < 1.29 is 9.90 Å². The summed E-state index contributed by atoms with van der Waals surface area (Å²) in [5.74, 6) is 1.40. The molecule has 0 spiro atoms. The number of nitrogens with one attached hydrogen (secondary N) is 2. The number of aromatic nitrogens is 1. The monoisotopic (exact) mass is 249 g/mol. The third kappa shape index (κ3) is 3.91. The standard InChI is InChI=1S/C13H19N3O2/c17-13(18)15-9-10-4-6-11(7-5-10)16-12-3-1-2-8-14-12/h1-3,8,10-11,15H,4-7,9H2,(H,14,16)(H,17,18)/t10-,11-. The summed E-state index contributed by atoms with van der Waals surface area (Å²) in [5.41, 5.74) is 0. The summed E-state index contributed by atoms with van der Waals surface area (Å²) in [6.45, 7) is 0.575. The van der Waals surface area contributed by atoms with E-state index in [1.54, 1.807) is 6.20 Å². The number of anilines is 1. The maximum atomic E-state index is 10.4. The average Bonchev–Trinajstić information content (AvgIpc) is 2.39. The third-order valence-electron chi connectivity index (χ3n) is 3.41. The minimum absolute atomic E-state index is 0.459. The fourth-order valence-corrected chi connectivity index (χ4v) is 2.40. The molecule has 0 saturated heterocycles. The molecule has 5 nitrogen and oxygen atoms in total. The average molecular weight is 249 g/mol. The maximum absolute atomic E-state index is 10.4. The molecule has 0 bridgehead atoms. The van der Waals surface area contributed by atoms with E-state index in [1.165, 1.54) is 0 Å². The summed E-state index contributed by atoms with van der Waals surface area (Å²) < 4.78 is 0. The van der Waals surface area contributed by atoms with Crippen LogP contribution in [-0.4, -0.2) is 28.8 Å². The zero-order valence-corrected chi connectivity index (χ0v) is 10.3. The van der Waals surface area contributed by atoms with Crippen molar-refractivity contribution in [3.05, 3.63) is 24.4 Å². The first-order valence-electron chi connectivity index (χ1n) is 6.38. The Kier molecular flexibility index (Phi) is 4.39. The van der Waals surface area contributed by atoms with E-state index in [4.69, 9.17) is 5.11 Å². The normalized spacial score (nSPS) is 23.3. The second kappa shape index (κ2) is 6.23. The van der Waals surface area contributed by atoms with Crippen molar-refractivity contribution in [2.45, 2.75) is 31.7 Å². The Hall–Kier alpha value is -1.78. The van der Waals surface area contributed by atoms with Crippen LogP contribution >= 0.6 is 0 Å². The topological polar surface area (TPSA) is 74.2 Å². The van der Waals surface area contributed by atoms with Crippen molar-refractivity contribution in [1.29, 1.82) is 0 Å². The predicted octanol–water partition coefficient (Wildman–Crippen LogP) is 2.32. The minimum Gasteiger partial charge on any atom is -0.465 e. The van der Waals surface area contributed by atoms with Crippen LogP contribution in [0, 0.1) is 5.92 Å². The molecule has 98 valence electrons. The van der Waals surface area contributed by atoms with Gasteiger partial charge in [-0.05, 0) is 43.7 Å². The molecule has 5 heteroatoms. The van der Waals surface area contributed by atoms with Crippen LogP contribution in [0.3, 0.4) is 0 Å². The van der Waals surface area contributed by atoms with Crippen LogP contribution in [0.2, 0.25) is 0 Å². The molecule has 0 unspecified atom stereocenters. The molecule has 1 aliphatic rings. The van der Waals surface area contributed by atoms with E-state index in [0.29, 0.717) is 18.5 Å². The largest absolute Gasteiger partial charge is 0.465 e. The molecule has 1 heterocycles. The highest BCUT2D eigenvalue weighted by Gasteiger charge is 2.21. The molecule has 1 saturated carbocycles. The van der Waals surface area contributed by atoms with Gasteiger partial charge in [-0.1, -0.05) is 6.07 Å². The van der Waals surface area contributed by atoms with Crippen molar-refractivity contribution in [3.63, 3.8) is 0 Å². The number of nitrogens with zero attached hydrogens (tertiary/aromatic N) is 1. The zero-order valence-electron chi connectivity index (χ0n) is 10.3. The van der Waals surface area contributed by atoms with E-state index in [0.717, 1.165) is 31.5 Å². The summed E-state index contributed by atoms with van der Waals surface area (Å²) in [6, 6.07) is 6.30. The van der Waals surface area contributed by atoms with Gasteiger partial charge in [-0.25, -0.2) is 9.78 Å². The van der Waals surface area contributed by atoms with Crippen LogP contribution in [0.15, 0.2) is 24.4 Å². The molecule has 1 amide bonds. The highest BCUT2D eigenvalue weighted by molar-refractivity contribution is 5.64. The SMILES string of the molecule is O=C(O)NC[C@H]1CC[C@H](Nc2ccccn2)CC1. The number of carboxylic acid groups (broad SMARTS) is 1. The van der Waals surface area contributed by atoms with E-state index >= 15 is 0 Å². The maximum Gasteiger partial charge on any atom is 0.404 e. The summed E-state index contributed by atoms with van der Waals surface area (Å²) in [5, 5.41) is 14.4. The molecule has 1 fully saturated rings. The Morgan fingerprint density at radius 3 is 2.72 bits per heavy atom. The lowest BCUT2D eigenvalue weighted by Gasteiger charge is -2.29. The summed E-state index contributed by atoms with van der Waals surface area (Å²) in [6.07, 6.45) is 5.12. The Morgan fingerprint density at radius 1 is 1.33 bits per heavy atom. The third-order valence-corrected chi connectivity index (χ3v) is 3.41. The first-order chi connectivity index (χ1) is 8.74. The molecule has 0 radical (unpaired) electrons. The highest BCUT2D eigenvalue weighted by atomic mass is 16.4. The lowest BCUT2D eigenvalue weighted by atomic mass is 9.86. The van der Waals surface area contributed by atoms with Crippen LogP contribution < -0.4 is 10.6 Å². The van der Waals surface area contributed by atoms with Gasteiger partial charge in [-0.15, -0.1) is 0 Å². The Labute approximate surface area is 107 Å². The van der Waals surface area contributed by atoms with E-state index in [9.17, 15) is 4.79 Å². The van der Waals surface area contributed by atoms with Gasteiger partial charge in [0, 0.05) is 18.8 Å². The van der Waals surface area contributed by atoms with Crippen molar-refractivity contribution >= 4 is 11.9 Å². The van der Waals surface area contributed by atoms with E-state index in [2.05, 4.69) is 15.6 Å². The second-order valence-electron chi connectivity index (χ2n) is 4.76. The van der Waals surface area contributed by atoms with Gasteiger partial charge in [-0.2, -0.15) is 0 Å². The predicted molar refractivity (Wildman–Crippen MR) is 69.6 cm³/mol. The minimum atomic E-state index is -0.927. The lowest BCUT2D eigenvalue weighted by Crippen LogP contribution is -2.33. The molecule has 0 atom stereocenters. The molecular weight excluding hydrogens is 230 g/mol. The molecule has 1 aliphatic carbocycles. The summed E-state index contributed by atoms with van der Waals surface area (Å²) >= 11 is 0. The smallest absolute Gasteiger partial charge is 0.404 e. The first kappa shape index (κ1) is 12.7. The molecule has 18 heavy (non-hydrogen) atoms. The van der Waals surface area contributed by atoms with Crippen LogP contribution in [0.1, 0.15) is 25.7 Å². The Balaban J connectivity index is 1.72. The second-order valence-corrected chi connectivity index (χ2v) is 4.76. The number of hydrogen-bond donors (Lipinski definition) is 3. The van der Waals surface area contributed by atoms with Gasteiger partial charge in [0.15, 0.2) is 0 Å². The molecule has 1 aromatic heterocycles. The fourth-order valence-electron chi connectivity index (χ4n) is 2.40. The molecule has 1 aromatic rings. The Bertz CT molecular complexity index is 375. The van der Waals surface area contributed by atoms with Crippen molar-refractivity contribution in [2.75, 3.05) is 11.9 Å². The molecule has 0 aliphatic heterocycles. The zero-order chi connectivity index (χ0) is 12.8. The van der Waals surface area contributed by atoms with Gasteiger partial charge in [0.25, 0.3) is 0 Å². The van der Waals surface area contributed by atoms with Crippen LogP contribution in [-0.2, 0) is 0 Å². The quantitative estimate of drug-likeness (QED) is 0.765. The number of rotatable bonds is 4. The van der Waals surface area contributed by atoms with Gasteiger partial charge in [-0.3, -0.25) is 0 Å². The van der Waals surface area contributed by atoms with Crippen LogP contribution in [0.5, 0.6) is 0 Å². The van der Waals surface area contributed by atoms with Crippen molar-refractivity contribution in [1.82, 2.24) is 10.3 Å². The number of amides is 1. The Morgan fingerprint density at radius 2 is 2.11 bits per heavy atom. The fraction of sp³-hybridized carbons (Fsp3) is 0.538. The highest BCUT2D eigenvalue weighted by Crippen LogP contribution is 2.25. The molecule has 2 rings (SSSR count). The number of carbonyl (C=O) groups is 1. The van der Waals surface area contributed by atoms with Gasteiger partial charge in [0.1, 0.15) is 5.82 Å². The van der Waals surface area contributed by atoms with E-state index in [1.807, 2.05) is 18.2 Å². The van der Waals surface area contributed by atoms with E-state index < -0.39 is 6.09 Å². The number of pyridine rings is 1. The summed E-state index contributed by atoms with van der Waals surface area (Å²) in [4.78, 5) is 14.7. The molecule has 0 aromatic carbocycles. The molecular formula is C13H19N3O2. The van der Waals surface area contributed by atoms with Gasteiger partial charge >= 0.3 is 6.09 Å². The summed E-state index contributed by atoms with van der Waals surface area (Å²) in [7, 11) is 0. The van der Waals surface area contributed by atoms with Crippen LogP contribution in [0.25, 0.3) is 0 Å². The van der Waals surface area contributed by atoms with Crippen molar-refractivity contribution in [2.24, 2.45) is 5.92 Å². The van der Waals surface area contributed by atoms with Crippen molar-refractivity contribution in [3.8, 4) is 0 Å². The van der Waals surface area contributed by atoms with Gasteiger partial charge in [0.05, 0.1) is 0 Å². The van der Waals surface area contributed by atoms with E-state index in [-0.39, 0.29) is 0 Å². The van der Waals surface area contributed by atoms with Gasteiger partial charge in [0.2, 0.25) is 0 Å². The first-order valence-corrected chi connectivity index (χ1v) is 6.38. The lowest BCUT2D eigenvalue weighted by molar-refractivity contribution is 0.190.